The van der Waals surface area contributed by atoms with Crippen molar-refractivity contribution < 1.29 is 29.3 Å². The van der Waals surface area contributed by atoms with E-state index in [0.717, 1.165) is 25.9 Å². The number of ether oxygens (including phenoxy) is 1. The summed E-state index contributed by atoms with van der Waals surface area (Å²) >= 11 is 0. The lowest BCUT2D eigenvalue weighted by atomic mass is 10.0. The molecule has 2 unspecified atom stereocenters. The van der Waals surface area contributed by atoms with Crippen molar-refractivity contribution in [3.8, 4) is 0 Å². The quantitative estimate of drug-likeness (QED) is 0.581. The smallest absolute Gasteiger partial charge is 0.410 e. The molecule has 2 atom stereocenters. The largest absolute Gasteiger partial charge is 0.444 e. The minimum Gasteiger partial charge on any atom is -0.444 e. The zero-order valence-electron chi connectivity index (χ0n) is 23.7. The second-order valence-corrected chi connectivity index (χ2v) is 13.1. The van der Waals surface area contributed by atoms with Gasteiger partial charge in [0.1, 0.15) is 5.60 Å². The molecular formula is C26H47N5O6. The van der Waals surface area contributed by atoms with Gasteiger partial charge in [-0.1, -0.05) is 0 Å². The molecule has 4 aliphatic heterocycles. The van der Waals surface area contributed by atoms with E-state index in [1.807, 2.05) is 25.7 Å². The first kappa shape index (κ1) is 29.3. The molecule has 4 heterocycles. The van der Waals surface area contributed by atoms with Crippen LogP contribution in [0.25, 0.3) is 0 Å². The summed E-state index contributed by atoms with van der Waals surface area (Å²) < 4.78 is 5.39. The van der Waals surface area contributed by atoms with Crippen LogP contribution in [0.5, 0.6) is 0 Å². The van der Waals surface area contributed by atoms with E-state index in [1.165, 1.54) is 6.42 Å². The van der Waals surface area contributed by atoms with E-state index in [0.29, 0.717) is 45.3 Å². The molecule has 37 heavy (non-hydrogen) atoms. The minimum absolute atomic E-state index is 0.0314. The summed E-state index contributed by atoms with van der Waals surface area (Å²) in [5, 5.41) is 19.6. The van der Waals surface area contributed by atoms with Gasteiger partial charge in [0.05, 0.1) is 36.4 Å². The SMILES string of the molecule is CC(C)(O)CN1CC2CCCCN2C1=O.CC(C)(O)CN1CC2CN(C(=O)OC(C)(C)C)CCN2C1=O. The Morgan fingerprint density at radius 1 is 0.784 bits per heavy atom. The first-order chi connectivity index (χ1) is 16.9. The molecule has 0 aliphatic carbocycles. The maximum Gasteiger partial charge on any atom is 0.410 e. The number of rotatable bonds is 4. The van der Waals surface area contributed by atoms with E-state index in [9.17, 15) is 24.6 Å². The Morgan fingerprint density at radius 2 is 1.30 bits per heavy atom. The Morgan fingerprint density at radius 3 is 1.78 bits per heavy atom. The van der Waals surface area contributed by atoms with Crippen LogP contribution in [-0.4, -0.2) is 134 Å². The highest BCUT2D eigenvalue weighted by Crippen LogP contribution is 2.26. The van der Waals surface area contributed by atoms with Crippen molar-refractivity contribution in [3.63, 3.8) is 0 Å². The average Bonchev–Trinajstić information content (AvgIpc) is 3.21. The van der Waals surface area contributed by atoms with Crippen molar-refractivity contribution in [3.05, 3.63) is 0 Å². The number of urea groups is 2. The molecule has 0 bridgehead atoms. The maximum atomic E-state index is 12.3. The second kappa shape index (κ2) is 10.8. The van der Waals surface area contributed by atoms with Gasteiger partial charge >= 0.3 is 18.2 Å². The Labute approximate surface area is 221 Å². The molecule has 0 saturated carbocycles. The molecular weight excluding hydrogens is 478 g/mol. The van der Waals surface area contributed by atoms with Gasteiger partial charge in [-0.05, 0) is 67.7 Å². The first-order valence-electron chi connectivity index (χ1n) is 13.5. The van der Waals surface area contributed by atoms with Crippen molar-refractivity contribution in [2.45, 2.75) is 96.6 Å². The number of piperidine rings is 1. The van der Waals surface area contributed by atoms with Crippen LogP contribution in [0.1, 0.15) is 67.7 Å². The molecule has 11 heteroatoms. The van der Waals surface area contributed by atoms with E-state index in [-0.39, 0.29) is 24.2 Å². The van der Waals surface area contributed by atoms with Gasteiger partial charge in [0, 0.05) is 39.3 Å². The normalized spacial score (nSPS) is 24.6. The van der Waals surface area contributed by atoms with E-state index in [4.69, 9.17) is 4.74 Å². The fourth-order valence-electron chi connectivity index (χ4n) is 5.42. The summed E-state index contributed by atoms with van der Waals surface area (Å²) in [6, 6.07) is 0.419. The van der Waals surface area contributed by atoms with Gasteiger partial charge in [0.2, 0.25) is 0 Å². The number of carbonyl (C=O) groups excluding carboxylic acids is 3. The molecule has 0 radical (unpaired) electrons. The molecule has 0 aromatic rings. The molecule has 11 nitrogen and oxygen atoms in total. The number of aliphatic hydroxyl groups is 2. The summed E-state index contributed by atoms with van der Waals surface area (Å²) in [4.78, 5) is 45.3. The Balaban J connectivity index is 0.000000220. The van der Waals surface area contributed by atoms with Gasteiger partial charge in [0.15, 0.2) is 0 Å². The number of carbonyl (C=O) groups is 3. The van der Waals surface area contributed by atoms with Crippen LogP contribution in [-0.2, 0) is 4.74 Å². The summed E-state index contributed by atoms with van der Waals surface area (Å²) in [6.45, 7) is 16.8. The number of amides is 5. The maximum absolute atomic E-state index is 12.3. The predicted molar refractivity (Wildman–Crippen MR) is 139 cm³/mol. The van der Waals surface area contributed by atoms with Crippen LogP contribution in [0.15, 0.2) is 0 Å². The third-order valence-corrected chi connectivity index (χ3v) is 6.81. The second-order valence-electron chi connectivity index (χ2n) is 13.1. The first-order valence-corrected chi connectivity index (χ1v) is 13.5. The zero-order valence-corrected chi connectivity index (χ0v) is 23.7. The Hall–Kier alpha value is -2.27. The van der Waals surface area contributed by atoms with Crippen molar-refractivity contribution in [1.82, 2.24) is 24.5 Å². The standard InChI is InChI=1S/C15H27N3O4.C11H20N2O2/c1-14(2,3)22-13(20)16-6-7-18-11(8-16)9-17(12(18)19)10-15(4,5)21;1-11(2,15)8-12-7-9-5-3-4-6-13(9)10(12)14/h11,21H,6-10H2,1-5H3;9,15H,3-8H2,1-2H3. The Bertz CT molecular complexity index is 846. The molecule has 4 saturated heterocycles. The number of fused-ring (bicyclic) bond motifs is 2. The highest BCUT2D eigenvalue weighted by molar-refractivity contribution is 5.78. The fourth-order valence-corrected chi connectivity index (χ4v) is 5.42. The fraction of sp³-hybridized carbons (Fsp3) is 0.885. The summed E-state index contributed by atoms with van der Waals surface area (Å²) in [7, 11) is 0. The number of hydrogen-bond donors (Lipinski definition) is 2. The summed E-state index contributed by atoms with van der Waals surface area (Å²) in [6.07, 6.45) is 3.14. The van der Waals surface area contributed by atoms with Crippen LogP contribution in [0.2, 0.25) is 0 Å². The zero-order chi connectivity index (χ0) is 27.8. The minimum atomic E-state index is -0.922. The number of piperazine rings is 1. The molecule has 5 amide bonds. The predicted octanol–water partition coefficient (Wildman–Crippen LogP) is 2.16. The van der Waals surface area contributed by atoms with Gasteiger partial charge in [-0.25, -0.2) is 14.4 Å². The van der Waals surface area contributed by atoms with Gasteiger partial charge in [-0.2, -0.15) is 0 Å². The molecule has 0 aromatic heterocycles. The van der Waals surface area contributed by atoms with Crippen LogP contribution in [0.4, 0.5) is 14.4 Å². The van der Waals surface area contributed by atoms with Crippen LogP contribution < -0.4 is 0 Å². The summed E-state index contributed by atoms with van der Waals surface area (Å²) in [5.74, 6) is 0. The highest BCUT2D eigenvalue weighted by Gasteiger charge is 2.43. The van der Waals surface area contributed by atoms with Gasteiger partial charge < -0.3 is 39.4 Å². The van der Waals surface area contributed by atoms with E-state index < -0.39 is 16.8 Å². The van der Waals surface area contributed by atoms with Crippen LogP contribution in [0, 0.1) is 0 Å². The van der Waals surface area contributed by atoms with Gasteiger partial charge in [-0.15, -0.1) is 0 Å². The molecule has 0 spiro atoms. The average molecular weight is 526 g/mol. The van der Waals surface area contributed by atoms with Crippen LogP contribution >= 0.6 is 0 Å². The molecule has 0 aromatic carbocycles. The van der Waals surface area contributed by atoms with E-state index >= 15 is 0 Å². The topological polar surface area (TPSA) is 117 Å². The van der Waals surface area contributed by atoms with E-state index in [2.05, 4.69) is 0 Å². The van der Waals surface area contributed by atoms with Crippen molar-refractivity contribution in [1.29, 1.82) is 0 Å². The third-order valence-electron chi connectivity index (χ3n) is 6.81. The monoisotopic (exact) mass is 525 g/mol. The molecule has 4 aliphatic rings. The Kier molecular flexibility index (Phi) is 8.58. The number of β-amino-alcohol motifs (C(OH)–C–C–N with tert-alkyl or cyclic N) is 2. The summed E-state index contributed by atoms with van der Waals surface area (Å²) in [5.41, 5.74) is -2.23. The van der Waals surface area contributed by atoms with Gasteiger partial charge in [-0.3, -0.25) is 0 Å². The van der Waals surface area contributed by atoms with Crippen molar-refractivity contribution in [2.75, 3.05) is 52.4 Å². The molecule has 212 valence electrons. The third kappa shape index (κ3) is 8.10. The lowest BCUT2D eigenvalue weighted by molar-refractivity contribution is 0.0126. The van der Waals surface area contributed by atoms with Crippen molar-refractivity contribution in [2.24, 2.45) is 0 Å². The van der Waals surface area contributed by atoms with Crippen molar-refractivity contribution >= 4 is 18.2 Å². The lowest BCUT2D eigenvalue weighted by Crippen LogP contribution is -2.54. The van der Waals surface area contributed by atoms with E-state index in [1.54, 1.807) is 47.3 Å². The molecule has 4 rings (SSSR count). The number of nitrogens with zero attached hydrogens (tertiary/aromatic N) is 5. The van der Waals surface area contributed by atoms with Gasteiger partial charge in [0.25, 0.3) is 0 Å². The lowest BCUT2D eigenvalue weighted by Gasteiger charge is -2.37. The van der Waals surface area contributed by atoms with Crippen LogP contribution in [0.3, 0.4) is 0 Å². The highest BCUT2D eigenvalue weighted by atomic mass is 16.6. The number of hydrogen-bond acceptors (Lipinski definition) is 6. The molecule has 4 fully saturated rings. The molecule has 2 N–H and O–H groups in total.